The van der Waals surface area contributed by atoms with Gasteiger partial charge in [0.05, 0.1) is 11.4 Å². The van der Waals surface area contributed by atoms with E-state index in [1.807, 2.05) is 30.3 Å². The highest BCUT2D eigenvalue weighted by Crippen LogP contribution is 2.52. The molecule has 10 aromatic rings. The largest absolute Gasteiger partial charge is 0.455 e. The highest BCUT2D eigenvalue weighted by Gasteiger charge is 2.37. The van der Waals surface area contributed by atoms with Gasteiger partial charge in [-0.25, -0.2) is 9.97 Å². The third-order valence-corrected chi connectivity index (χ3v) is 11.6. The number of hydrogen-bond donors (Lipinski definition) is 0. The van der Waals surface area contributed by atoms with Crippen molar-refractivity contribution >= 4 is 32.7 Å². The maximum absolute atomic E-state index is 6.56. The number of para-hydroxylation sites is 2. The molecule has 11 rings (SSSR count). The molecule has 1 aliphatic rings. The zero-order valence-electron chi connectivity index (χ0n) is 31.1. The first kappa shape index (κ1) is 32.3. The molecule has 0 fully saturated rings. The van der Waals surface area contributed by atoms with Crippen molar-refractivity contribution in [2.75, 3.05) is 0 Å². The molecule has 264 valence electrons. The summed E-state index contributed by atoms with van der Waals surface area (Å²) in [6, 6.07) is 64.7. The lowest BCUT2D eigenvalue weighted by Crippen LogP contribution is -2.15. The van der Waals surface area contributed by atoms with E-state index in [0.717, 1.165) is 72.3 Å². The van der Waals surface area contributed by atoms with E-state index < -0.39 is 0 Å². The molecule has 0 saturated carbocycles. The number of nitrogens with zero attached hydrogens (tertiary/aromatic N) is 2. The lowest BCUT2D eigenvalue weighted by atomic mass is 9.80. The third kappa shape index (κ3) is 5.12. The SMILES string of the molecule is CC1(C)c2cc(-c3cc(-c4cc(-c5ccccc5)cc(-c5cccc6c5oc5ccccc56)c4)nc(-c4ccccc4)n3)ccc2-c2ccc3ccccc3c21. The molecule has 0 bridgehead atoms. The number of fused-ring (bicyclic) bond motifs is 8. The molecule has 0 radical (unpaired) electrons. The van der Waals surface area contributed by atoms with Gasteiger partial charge in [-0.05, 0) is 86.1 Å². The summed E-state index contributed by atoms with van der Waals surface area (Å²) in [5, 5.41) is 4.81. The van der Waals surface area contributed by atoms with Gasteiger partial charge in [-0.2, -0.15) is 0 Å². The van der Waals surface area contributed by atoms with Gasteiger partial charge in [-0.1, -0.05) is 159 Å². The van der Waals surface area contributed by atoms with Crippen molar-refractivity contribution < 1.29 is 4.42 Å². The molecular weight excluding hydrogens is 681 g/mol. The van der Waals surface area contributed by atoms with Crippen LogP contribution in [0, 0.1) is 0 Å². The number of furan rings is 1. The normalized spacial score (nSPS) is 13.0. The van der Waals surface area contributed by atoms with Gasteiger partial charge in [0, 0.05) is 38.4 Å². The van der Waals surface area contributed by atoms with E-state index >= 15 is 0 Å². The van der Waals surface area contributed by atoms with E-state index in [4.69, 9.17) is 14.4 Å². The molecule has 0 spiro atoms. The van der Waals surface area contributed by atoms with Gasteiger partial charge in [0.15, 0.2) is 5.82 Å². The predicted molar refractivity (Wildman–Crippen MR) is 232 cm³/mol. The van der Waals surface area contributed by atoms with E-state index in [9.17, 15) is 0 Å². The van der Waals surface area contributed by atoms with Gasteiger partial charge in [-0.15, -0.1) is 0 Å². The molecule has 56 heavy (non-hydrogen) atoms. The third-order valence-electron chi connectivity index (χ3n) is 11.6. The Hall–Kier alpha value is -7.10. The average Bonchev–Trinajstić information content (AvgIpc) is 3.75. The minimum Gasteiger partial charge on any atom is -0.455 e. The lowest BCUT2D eigenvalue weighted by molar-refractivity contribution is 0.666. The second-order valence-corrected chi connectivity index (χ2v) is 15.4. The summed E-state index contributed by atoms with van der Waals surface area (Å²) < 4.78 is 6.56. The van der Waals surface area contributed by atoms with E-state index in [0.29, 0.717) is 5.82 Å². The predicted octanol–water partition coefficient (Wildman–Crippen LogP) is 14.2. The minimum atomic E-state index is -0.184. The quantitative estimate of drug-likeness (QED) is 0.178. The Bertz CT molecular complexity index is 3160. The van der Waals surface area contributed by atoms with Crippen LogP contribution in [0.1, 0.15) is 25.0 Å². The highest BCUT2D eigenvalue weighted by molar-refractivity contribution is 6.10. The molecule has 0 aliphatic heterocycles. The monoisotopic (exact) mass is 716 g/mol. The van der Waals surface area contributed by atoms with Crippen LogP contribution < -0.4 is 0 Å². The Morgan fingerprint density at radius 1 is 0.411 bits per heavy atom. The van der Waals surface area contributed by atoms with Crippen molar-refractivity contribution in [2.45, 2.75) is 19.3 Å². The van der Waals surface area contributed by atoms with Gasteiger partial charge in [-0.3, -0.25) is 0 Å². The van der Waals surface area contributed by atoms with Crippen molar-refractivity contribution in [1.29, 1.82) is 0 Å². The number of rotatable bonds is 5. The molecule has 0 saturated heterocycles. The second kappa shape index (κ2) is 12.5. The fourth-order valence-electron chi connectivity index (χ4n) is 8.92. The van der Waals surface area contributed by atoms with Crippen LogP contribution in [-0.4, -0.2) is 9.97 Å². The molecule has 3 heteroatoms. The summed E-state index contributed by atoms with van der Waals surface area (Å²) in [6.07, 6.45) is 0. The van der Waals surface area contributed by atoms with Crippen LogP contribution in [0.5, 0.6) is 0 Å². The molecule has 2 heterocycles. The van der Waals surface area contributed by atoms with Crippen LogP contribution in [0.2, 0.25) is 0 Å². The molecule has 0 atom stereocenters. The van der Waals surface area contributed by atoms with Crippen LogP contribution in [0.25, 0.3) is 100.0 Å². The van der Waals surface area contributed by atoms with Gasteiger partial charge in [0.2, 0.25) is 0 Å². The average molecular weight is 717 g/mol. The molecule has 8 aromatic carbocycles. The Labute approximate surface area is 325 Å². The van der Waals surface area contributed by atoms with Crippen molar-refractivity contribution in [1.82, 2.24) is 9.97 Å². The zero-order valence-corrected chi connectivity index (χ0v) is 31.1. The fourth-order valence-corrected chi connectivity index (χ4v) is 8.92. The Morgan fingerprint density at radius 2 is 1.05 bits per heavy atom. The summed E-state index contributed by atoms with van der Waals surface area (Å²) in [4.78, 5) is 10.6. The summed E-state index contributed by atoms with van der Waals surface area (Å²) in [7, 11) is 0. The van der Waals surface area contributed by atoms with Gasteiger partial charge in [0.25, 0.3) is 0 Å². The Kier molecular flexibility index (Phi) is 7.20. The molecule has 1 aliphatic carbocycles. The van der Waals surface area contributed by atoms with Crippen molar-refractivity contribution in [2.24, 2.45) is 0 Å². The zero-order chi connectivity index (χ0) is 37.4. The highest BCUT2D eigenvalue weighted by atomic mass is 16.3. The van der Waals surface area contributed by atoms with E-state index in [2.05, 4.69) is 166 Å². The van der Waals surface area contributed by atoms with E-state index in [-0.39, 0.29) is 5.41 Å². The van der Waals surface area contributed by atoms with Gasteiger partial charge >= 0.3 is 0 Å². The summed E-state index contributed by atoms with van der Waals surface area (Å²) in [5.41, 5.74) is 16.0. The summed E-state index contributed by atoms with van der Waals surface area (Å²) >= 11 is 0. The first-order valence-corrected chi connectivity index (χ1v) is 19.2. The Morgan fingerprint density at radius 3 is 1.88 bits per heavy atom. The van der Waals surface area contributed by atoms with Crippen LogP contribution in [0.3, 0.4) is 0 Å². The number of hydrogen-bond acceptors (Lipinski definition) is 3. The fraction of sp³-hybridized carbons (Fsp3) is 0.0566. The van der Waals surface area contributed by atoms with Crippen LogP contribution >= 0.6 is 0 Å². The van der Waals surface area contributed by atoms with Crippen molar-refractivity contribution in [3.63, 3.8) is 0 Å². The topological polar surface area (TPSA) is 38.9 Å². The molecule has 0 unspecified atom stereocenters. The molecule has 2 aromatic heterocycles. The van der Waals surface area contributed by atoms with Crippen molar-refractivity contribution in [3.05, 3.63) is 193 Å². The maximum Gasteiger partial charge on any atom is 0.160 e. The second-order valence-electron chi connectivity index (χ2n) is 15.4. The van der Waals surface area contributed by atoms with Gasteiger partial charge < -0.3 is 4.42 Å². The molecule has 0 N–H and O–H groups in total. The minimum absolute atomic E-state index is 0.184. The maximum atomic E-state index is 6.56. The molecule has 3 nitrogen and oxygen atoms in total. The first-order valence-electron chi connectivity index (χ1n) is 19.2. The number of benzene rings is 8. The lowest BCUT2D eigenvalue weighted by Gasteiger charge is -2.23. The Balaban J connectivity index is 1.12. The van der Waals surface area contributed by atoms with Gasteiger partial charge in [0.1, 0.15) is 11.2 Å². The summed E-state index contributed by atoms with van der Waals surface area (Å²) in [6.45, 7) is 4.71. The van der Waals surface area contributed by atoms with Crippen molar-refractivity contribution in [3.8, 4) is 67.3 Å². The van der Waals surface area contributed by atoms with Crippen LogP contribution in [-0.2, 0) is 5.41 Å². The van der Waals surface area contributed by atoms with E-state index in [1.165, 1.54) is 33.0 Å². The molecular formula is C53H36N2O. The van der Waals surface area contributed by atoms with E-state index in [1.54, 1.807) is 0 Å². The van der Waals surface area contributed by atoms with Crippen LogP contribution in [0.15, 0.2) is 186 Å². The standard InChI is InChI=1S/C53H36N2O/c1-53(2)46-31-36(25-26-42(46)44-27-24-34-16-9-10-19-40(34)50(44)53)47-32-48(55-52(54-47)35-17-7-4-8-18-35)39-29-37(33-14-5-3-6-15-33)28-38(30-39)41-21-13-22-45-43-20-11-12-23-49(43)56-51(41)45/h3-32H,1-2H3. The molecule has 0 amide bonds. The number of aromatic nitrogens is 2. The van der Waals surface area contributed by atoms with Crippen LogP contribution in [0.4, 0.5) is 0 Å². The smallest absolute Gasteiger partial charge is 0.160 e. The first-order chi connectivity index (χ1) is 27.5. The summed E-state index contributed by atoms with van der Waals surface area (Å²) in [5.74, 6) is 0.693.